The molecule has 0 saturated heterocycles. The highest BCUT2D eigenvalue weighted by molar-refractivity contribution is 6.31. The van der Waals surface area contributed by atoms with E-state index in [0.717, 1.165) is 33.9 Å². The first-order valence-corrected chi connectivity index (χ1v) is 11.0. The monoisotopic (exact) mass is 474 g/mol. The summed E-state index contributed by atoms with van der Waals surface area (Å²) in [6.45, 7) is 4.65. The lowest BCUT2D eigenvalue weighted by atomic mass is 9.92. The van der Waals surface area contributed by atoms with Gasteiger partial charge in [0.05, 0.1) is 38.0 Å². The zero-order valence-electron chi connectivity index (χ0n) is 18.2. The highest BCUT2D eigenvalue weighted by Crippen LogP contribution is 2.36. The molecule has 2 aromatic rings. The van der Waals surface area contributed by atoms with E-state index in [-0.39, 0.29) is 6.10 Å². The van der Waals surface area contributed by atoms with Crippen molar-refractivity contribution in [3.8, 4) is 11.5 Å². The van der Waals surface area contributed by atoms with Gasteiger partial charge in [-0.15, -0.1) is 6.58 Å². The van der Waals surface area contributed by atoms with Crippen molar-refractivity contribution in [2.45, 2.75) is 25.1 Å². The predicted molar refractivity (Wildman–Crippen MR) is 132 cm³/mol. The molecule has 1 aliphatic rings. The van der Waals surface area contributed by atoms with Gasteiger partial charge < -0.3 is 25.3 Å². The second-order valence-corrected chi connectivity index (χ2v) is 8.14. The molecule has 1 aliphatic carbocycles. The molecular formula is C25H28Cl2N2O3. The molecule has 0 amide bonds. The summed E-state index contributed by atoms with van der Waals surface area (Å²) >= 11 is 13.0. The number of hydrogen-bond acceptors (Lipinski definition) is 5. The largest absolute Gasteiger partial charge is 0.497 e. The number of halogens is 2. The van der Waals surface area contributed by atoms with Crippen LogP contribution in [0.1, 0.15) is 23.6 Å². The van der Waals surface area contributed by atoms with Gasteiger partial charge >= 0.3 is 0 Å². The van der Waals surface area contributed by atoms with Crippen LogP contribution in [0.5, 0.6) is 11.5 Å². The molecule has 0 aromatic heterocycles. The van der Waals surface area contributed by atoms with Crippen molar-refractivity contribution >= 4 is 28.9 Å². The molecule has 7 heteroatoms. The van der Waals surface area contributed by atoms with Crippen LogP contribution in [0.3, 0.4) is 0 Å². The molecule has 3 rings (SSSR count). The fraction of sp³-hybridized carbons (Fsp3) is 0.280. The van der Waals surface area contributed by atoms with Crippen molar-refractivity contribution in [2.75, 3.05) is 26.1 Å². The Bertz CT molecular complexity index is 1020. The summed E-state index contributed by atoms with van der Waals surface area (Å²) in [5, 5.41) is 4.65. The fourth-order valence-electron chi connectivity index (χ4n) is 3.57. The third-order valence-electron chi connectivity index (χ3n) is 5.27. The third-order valence-corrected chi connectivity index (χ3v) is 5.97. The Labute approximate surface area is 199 Å². The molecular weight excluding hydrogens is 447 g/mol. The normalized spacial score (nSPS) is 16.6. The van der Waals surface area contributed by atoms with E-state index >= 15 is 0 Å². The van der Waals surface area contributed by atoms with Gasteiger partial charge in [-0.1, -0.05) is 41.4 Å². The van der Waals surface area contributed by atoms with Gasteiger partial charge in [0.2, 0.25) is 0 Å². The van der Waals surface area contributed by atoms with Crippen LogP contribution in [0, 0.1) is 0 Å². The molecule has 2 atom stereocenters. The Morgan fingerprint density at radius 2 is 2.00 bits per heavy atom. The van der Waals surface area contributed by atoms with Gasteiger partial charge in [0, 0.05) is 28.9 Å². The van der Waals surface area contributed by atoms with Gasteiger partial charge in [0.1, 0.15) is 11.5 Å². The summed E-state index contributed by atoms with van der Waals surface area (Å²) in [5.41, 5.74) is 10.2. The predicted octanol–water partition coefficient (Wildman–Crippen LogP) is 5.99. The van der Waals surface area contributed by atoms with E-state index < -0.39 is 6.04 Å². The Kier molecular flexibility index (Phi) is 8.65. The molecule has 0 aliphatic heterocycles. The first-order chi connectivity index (χ1) is 15.5. The molecule has 0 saturated carbocycles. The van der Waals surface area contributed by atoms with Gasteiger partial charge in [-0.2, -0.15) is 0 Å². The maximum Gasteiger partial charge on any atom is 0.127 e. The molecule has 0 spiro atoms. The quantitative estimate of drug-likeness (QED) is 0.413. The SMILES string of the molecule is C=CCOC1CC=CC([C@@H](N)c2cc(Cl)ccc2NCc2ccc(OC)cc2OC)=C1Cl. The van der Waals surface area contributed by atoms with Crippen LogP contribution in [0.4, 0.5) is 5.69 Å². The van der Waals surface area contributed by atoms with Crippen molar-refractivity contribution in [3.05, 3.63) is 88.0 Å². The molecule has 1 unspecified atom stereocenters. The standard InChI is InChI=1S/C25H28Cl2N2O3/c1-4-12-32-22-7-5-6-19(24(22)27)25(28)20-13-17(26)9-11-21(20)29-15-16-8-10-18(30-2)14-23(16)31-3/h4-6,8-11,13-14,22,25,29H,1,7,12,15,28H2,2-3H3/t22?,25-/m1/s1. The summed E-state index contributed by atoms with van der Waals surface area (Å²) < 4.78 is 16.6. The maximum absolute atomic E-state index is 6.67. The lowest BCUT2D eigenvalue weighted by Gasteiger charge is -2.26. The highest BCUT2D eigenvalue weighted by atomic mass is 35.5. The van der Waals surface area contributed by atoms with E-state index in [1.54, 1.807) is 20.3 Å². The summed E-state index contributed by atoms with van der Waals surface area (Å²) in [4.78, 5) is 0. The second kappa shape index (κ2) is 11.4. The molecule has 170 valence electrons. The van der Waals surface area contributed by atoms with Crippen molar-refractivity contribution in [3.63, 3.8) is 0 Å². The molecule has 5 nitrogen and oxygen atoms in total. The minimum absolute atomic E-state index is 0.236. The average molecular weight is 475 g/mol. The second-order valence-electron chi connectivity index (χ2n) is 7.29. The number of benzene rings is 2. The molecule has 2 aromatic carbocycles. The smallest absolute Gasteiger partial charge is 0.127 e. The van der Waals surface area contributed by atoms with Gasteiger partial charge in [-0.25, -0.2) is 0 Å². The van der Waals surface area contributed by atoms with E-state index in [1.165, 1.54) is 0 Å². The molecule has 0 radical (unpaired) electrons. The zero-order valence-corrected chi connectivity index (χ0v) is 19.7. The van der Waals surface area contributed by atoms with Gasteiger partial charge in [-0.05, 0) is 47.9 Å². The van der Waals surface area contributed by atoms with Crippen LogP contribution < -0.4 is 20.5 Å². The van der Waals surface area contributed by atoms with Gasteiger partial charge in [-0.3, -0.25) is 0 Å². The first-order valence-electron chi connectivity index (χ1n) is 10.3. The molecule has 3 N–H and O–H groups in total. The summed E-state index contributed by atoms with van der Waals surface area (Å²) in [6, 6.07) is 10.8. The number of methoxy groups -OCH3 is 2. The molecule has 0 bridgehead atoms. The Balaban J connectivity index is 1.87. The number of nitrogens with two attached hydrogens (primary N) is 1. The fourth-order valence-corrected chi connectivity index (χ4v) is 4.09. The number of nitrogens with one attached hydrogen (secondary N) is 1. The minimum atomic E-state index is -0.479. The van der Waals surface area contributed by atoms with E-state index in [4.69, 9.17) is 43.1 Å². The summed E-state index contributed by atoms with van der Waals surface area (Å²) in [7, 11) is 3.26. The van der Waals surface area contributed by atoms with Crippen LogP contribution in [0.2, 0.25) is 5.02 Å². The van der Waals surface area contributed by atoms with Gasteiger partial charge in [0.15, 0.2) is 0 Å². The van der Waals surface area contributed by atoms with E-state index in [1.807, 2.05) is 48.6 Å². The van der Waals surface area contributed by atoms with Crippen molar-refractivity contribution < 1.29 is 14.2 Å². The van der Waals surface area contributed by atoms with Crippen LogP contribution in [-0.4, -0.2) is 26.9 Å². The summed E-state index contributed by atoms with van der Waals surface area (Å²) in [6.07, 6.45) is 6.14. The molecule has 0 fully saturated rings. The van der Waals surface area contributed by atoms with Crippen molar-refractivity contribution in [1.82, 2.24) is 0 Å². The number of rotatable bonds is 10. The average Bonchev–Trinajstić information content (AvgIpc) is 2.82. The first kappa shape index (κ1) is 24.2. The van der Waals surface area contributed by atoms with Crippen LogP contribution in [0.15, 0.2) is 71.8 Å². The van der Waals surface area contributed by atoms with E-state index in [9.17, 15) is 0 Å². The minimum Gasteiger partial charge on any atom is -0.497 e. The maximum atomic E-state index is 6.67. The Hall–Kier alpha value is -2.44. The van der Waals surface area contributed by atoms with Crippen LogP contribution in [0.25, 0.3) is 0 Å². The molecule has 32 heavy (non-hydrogen) atoms. The number of hydrogen-bond donors (Lipinski definition) is 2. The van der Waals surface area contributed by atoms with Gasteiger partial charge in [0.25, 0.3) is 0 Å². The lowest BCUT2D eigenvalue weighted by Crippen LogP contribution is -2.22. The van der Waals surface area contributed by atoms with Crippen LogP contribution in [-0.2, 0) is 11.3 Å². The van der Waals surface area contributed by atoms with Crippen LogP contribution >= 0.6 is 23.2 Å². The van der Waals surface area contributed by atoms with Crippen molar-refractivity contribution in [1.29, 1.82) is 0 Å². The zero-order chi connectivity index (χ0) is 23.1. The molecule has 0 heterocycles. The topological polar surface area (TPSA) is 65.7 Å². The van der Waals surface area contributed by atoms with Crippen molar-refractivity contribution in [2.24, 2.45) is 5.73 Å². The summed E-state index contributed by atoms with van der Waals surface area (Å²) in [5.74, 6) is 1.47. The third kappa shape index (κ3) is 5.67. The van der Waals surface area contributed by atoms with E-state index in [2.05, 4.69) is 11.9 Å². The highest BCUT2D eigenvalue weighted by Gasteiger charge is 2.25. The Morgan fingerprint density at radius 1 is 1.19 bits per heavy atom. The lowest BCUT2D eigenvalue weighted by molar-refractivity contribution is 0.106. The number of ether oxygens (including phenoxy) is 3. The Morgan fingerprint density at radius 3 is 2.72 bits per heavy atom. The van der Waals surface area contributed by atoms with E-state index in [0.29, 0.717) is 29.6 Å². The number of anilines is 1.